The number of carbonyl (C=O) groups is 1. The van der Waals surface area contributed by atoms with Gasteiger partial charge in [0.25, 0.3) is 0 Å². The molecule has 0 unspecified atom stereocenters. The van der Waals surface area contributed by atoms with Crippen LogP contribution in [-0.4, -0.2) is 27.2 Å². The van der Waals surface area contributed by atoms with Gasteiger partial charge < -0.3 is 4.74 Å². The van der Waals surface area contributed by atoms with E-state index in [-0.39, 0.29) is 5.69 Å². The van der Waals surface area contributed by atoms with Crippen molar-refractivity contribution in [3.8, 4) is 0 Å². The number of fused-ring (bicyclic) bond motifs is 1. The van der Waals surface area contributed by atoms with Crippen molar-refractivity contribution in [1.29, 1.82) is 0 Å². The number of hydrogen-bond acceptors (Lipinski definition) is 4. The first kappa shape index (κ1) is 10.1. The van der Waals surface area contributed by atoms with Crippen LogP contribution in [0.2, 0.25) is 0 Å². The van der Waals surface area contributed by atoms with Crippen molar-refractivity contribution in [1.82, 2.24) is 14.6 Å². The second kappa shape index (κ2) is 3.98. The van der Waals surface area contributed by atoms with E-state index in [2.05, 4.69) is 26.0 Å². The van der Waals surface area contributed by atoms with Crippen LogP contribution >= 0.6 is 15.9 Å². The molecule has 0 radical (unpaired) electrons. The topological polar surface area (TPSA) is 56.5 Å². The molecule has 2 rings (SSSR count). The quantitative estimate of drug-likeness (QED) is 0.779. The molecule has 0 bridgehead atoms. The molecule has 2 aromatic rings. The Labute approximate surface area is 94.2 Å². The van der Waals surface area contributed by atoms with Gasteiger partial charge in [-0.25, -0.2) is 14.3 Å². The van der Waals surface area contributed by atoms with E-state index in [4.69, 9.17) is 4.74 Å². The highest BCUT2D eigenvalue weighted by atomic mass is 79.9. The maximum atomic E-state index is 11.5. The molecule has 0 fully saturated rings. The van der Waals surface area contributed by atoms with Crippen molar-refractivity contribution in [3.63, 3.8) is 0 Å². The minimum Gasteiger partial charge on any atom is -0.461 e. The van der Waals surface area contributed by atoms with Crippen LogP contribution in [0.5, 0.6) is 0 Å². The Morgan fingerprint density at radius 2 is 2.40 bits per heavy atom. The fourth-order valence-electron chi connectivity index (χ4n) is 1.22. The van der Waals surface area contributed by atoms with E-state index in [0.29, 0.717) is 16.7 Å². The highest BCUT2D eigenvalue weighted by molar-refractivity contribution is 9.10. The summed E-state index contributed by atoms with van der Waals surface area (Å²) in [6.45, 7) is 2.09. The monoisotopic (exact) mass is 269 g/mol. The Bertz CT molecular complexity index is 509. The molecule has 2 heterocycles. The fourth-order valence-corrected chi connectivity index (χ4v) is 1.53. The van der Waals surface area contributed by atoms with E-state index in [1.54, 1.807) is 19.1 Å². The third-order valence-electron chi connectivity index (χ3n) is 1.84. The number of nitrogens with zero attached hydrogens (tertiary/aromatic N) is 3. The van der Waals surface area contributed by atoms with E-state index < -0.39 is 5.97 Å². The Kier molecular flexibility index (Phi) is 2.68. The summed E-state index contributed by atoms with van der Waals surface area (Å²) in [4.78, 5) is 15.4. The fraction of sp³-hybridized carbons (Fsp3) is 0.222. The van der Waals surface area contributed by atoms with E-state index in [9.17, 15) is 4.79 Å². The third-order valence-corrected chi connectivity index (χ3v) is 2.26. The van der Waals surface area contributed by atoms with Gasteiger partial charge in [0.05, 0.1) is 12.1 Å². The molecule has 0 saturated heterocycles. The summed E-state index contributed by atoms with van der Waals surface area (Å²) in [5.41, 5.74) is 0.925. The molecule has 0 atom stereocenters. The SMILES string of the molecule is CCOC(=O)c1ncn2nc(Br)ccc12. The lowest BCUT2D eigenvalue weighted by molar-refractivity contribution is 0.0522. The molecule has 0 saturated carbocycles. The highest BCUT2D eigenvalue weighted by Crippen LogP contribution is 2.12. The molecular formula is C9H8BrN3O2. The van der Waals surface area contributed by atoms with Gasteiger partial charge >= 0.3 is 5.97 Å². The maximum absolute atomic E-state index is 11.5. The highest BCUT2D eigenvalue weighted by Gasteiger charge is 2.14. The van der Waals surface area contributed by atoms with Gasteiger partial charge in [0.1, 0.15) is 10.9 Å². The average Bonchev–Trinajstić information content (AvgIpc) is 2.60. The number of halogens is 1. The third kappa shape index (κ3) is 1.85. The molecule has 0 spiro atoms. The first-order valence-corrected chi connectivity index (χ1v) is 5.18. The van der Waals surface area contributed by atoms with Gasteiger partial charge in [-0.15, -0.1) is 0 Å². The van der Waals surface area contributed by atoms with Crippen molar-refractivity contribution >= 4 is 27.4 Å². The van der Waals surface area contributed by atoms with Crippen molar-refractivity contribution < 1.29 is 9.53 Å². The summed E-state index contributed by atoms with van der Waals surface area (Å²) in [5, 5.41) is 4.10. The zero-order valence-electron chi connectivity index (χ0n) is 7.98. The summed E-state index contributed by atoms with van der Waals surface area (Å²) in [6.07, 6.45) is 1.48. The second-order valence-corrected chi connectivity index (χ2v) is 3.61. The van der Waals surface area contributed by atoms with Crippen LogP contribution in [0, 0.1) is 0 Å². The number of imidazole rings is 1. The van der Waals surface area contributed by atoms with Crippen LogP contribution in [0.3, 0.4) is 0 Å². The smallest absolute Gasteiger partial charge is 0.359 e. The van der Waals surface area contributed by atoms with E-state index in [1.165, 1.54) is 10.8 Å². The van der Waals surface area contributed by atoms with Crippen LogP contribution in [0.1, 0.15) is 17.4 Å². The predicted octanol–water partition coefficient (Wildman–Crippen LogP) is 1.67. The van der Waals surface area contributed by atoms with E-state index in [0.717, 1.165) is 0 Å². The number of rotatable bonds is 2. The molecule has 5 nitrogen and oxygen atoms in total. The molecule has 6 heteroatoms. The van der Waals surface area contributed by atoms with Crippen molar-refractivity contribution in [2.45, 2.75) is 6.92 Å². The second-order valence-electron chi connectivity index (χ2n) is 2.80. The minimum absolute atomic E-state index is 0.289. The normalized spacial score (nSPS) is 10.5. The standard InChI is InChI=1S/C9H8BrN3O2/c1-2-15-9(14)8-6-3-4-7(10)12-13(6)5-11-8/h3-5H,2H2,1H3. The van der Waals surface area contributed by atoms with Crippen LogP contribution in [-0.2, 0) is 4.74 Å². The Balaban J connectivity index is 2.49. The summed E-state index contributed by atoms with van der Waals surface area (Å²) >= 11 is 3.23. The predicted molar refractivity (Wildman–Crippen MR) is 56.6 cm³/mol. The van der Waals surface area contributed by atoms with Gasteiger partial charge in [0.15, 0.2) is 5.69 Å². The maximum Gasteiger partial charge on any atom is 0.359 e. The van der Waals surface area contributed by atoms with Crippen molar-refractivity contribution in [3.05, 3.63) is 28.8 Å². The lowest BCUT2D eigenvalue weighted by atomic mass is 10.3. The lowest BCUT2D eigenvalue weighted by Crippen LogP contribution is -2.05. The molecule has 0 aromatic carbocycles. The molecule has 0 amide bonds. The summed E-state index contributed by atoms with van der Waals surface area (Å²) in [7, 11) is 0. The van der Waals surface area contributed by atoms with Crippen molar-refractivity contribution in [2.24, 2.45) is 0 Å². The molecule has 0 aliphatic heterocycles. The van der Waals surface area contributed by atoms with E-state index >= 15 is 0 Å². The minimum atomic E-state index is -0.427. The Hall–Kier alpha value is -1.43. The molecule has 2 aromatic heterocycles. The van der Waals surface area contributed by atoms with Crippen LogP contribution in [0.4, 0.5) is 0 Å². The van der Waals surface area contributed by atoms with Crippen LogP contribution in [0.15, 0.2) is 23.1 Å². The molecule has 0 N–H and O–H groups in total. The summed E-state index contributed by atoms with van der Waals surface area (Å²) < 4.78 is 7.08. The summed E-state index contributed by atoms with van der Waals surface area (Å²) in [6, 6.07) is 3.51. The average molecular weight is 270 g/mol. The largest absolute Gasteiger partial charge is 0.461 e. The van der Waals surface area contributed by atoms with Gasteiger partial charge in [-0.05, 0) is 35.0 Å². The van der Waals surface area contributed by atoms with Crippen molar-refractivity contribution in [2.75, 3.05) is 6.61 Å². The van der Waals surface area contributed by atoms with Crippen LogP contribution < -0.4 is 0 Å². The summed E-state index contributed by atoms with van der Waals surface area (Å²) in [5.74, 6) is -0.427. The zero-order valence-corrected chi connectivity index (χ0v) is 9.56. The molecular weight excluding hydrogens is 262 g/mol. The number of ether oxygens (including phenoxy) is 1. The van der Waals surface area contributed by atoms with Gasteiger partial charge in [-0.3, -0.25) is 0 Å². The molecule has 15 heavy (non-hydrogen) atoms. The number of aromatic nitrogens is 3. The lowest BCUT2D eigenvalue weighted by Gasteiger charge is -1.98. The van der Waals surface area contributed by atoms with E-state index in [1.807, 2.05) is 0 Å². The first-order valence-electron chi connectivity index (χ1n) is 4.39. The van der Waals surface area contributed by atoms with Gasteiger partial charge in [0.2, 0.25) is 0 Å². The molecule has 78 valence electrons. The number of esters is 1. The first-order chi connectivity index (χ1) is 7.22. The number of hydrogen-bond donors (Lipinski definition) is 0. The zero-order chi connectivity index (χ0) is 10.8. The van der Waals surface area contributed by atoms with Gasteiger partial charge in [-0.2, -0.15) is 5.10 Å². The molecule has 0 aliphatic carbocycles. The van der Waals surface area contributed by atoms with Gasteiger partial charge in [0, 0.05) is 0 Å². The Morgan fingerprint density at radius 1 is 1.60 bits per heavy atom. The van der Waals surface area contributed by atoms with Gasteiger partial charge in [-0.1, -0.05) is 0 Å². The van der Waals surface area contributed by atoms with Crippen LogP contribution in [0.25, 0.3) is 5.52 Å². The molecule has 0 aliphatic rings. The Morgan fingerprint density at radius 3 is 3.13 bits per heavy atom. The number of carbonyl (C=O) groups excluding carboxylic acids is 1.